The maximum atomic E-state index is 11.7. The predicted molar refractivity (Wildman–Crippen MR) is 67.5 cm³/mol. The number of rotatable bonds is 3. The zero-order valence-electron chi connectivity index (χ0n) is 9.63. The van der Waals surface area contributed by atoms with Crippen molar-refractivity contribution in [2.24, 2.45) is 7.05 Å². The molecule has 0 saturated heterocycles. The van der Waals surface area contributed by atoms with E-state index in [1.165, 1.54) is 10.9 Å². The first-order valence-electron chi connectivity index (χ1n) is 5.21. The number of hydrogen-bond acceptors (Lipinski definition) is 3. The van der Waals surface area contributed by atoms with Crippen LogP contribution in [0, 0.1) is 0 Å². The minimum atomic E-state index is -0.357. The minimum Gasteiger partial charge on any atom is -0.323 e. The molecule has 0 fully saturated rings. The van der Waals surface area contributed by atoms with Gasteiger partial charge in [0, 0.05) is 7.05 Å². The highest BCUT2D eigenvalue weighted by Gasteiger charge is 2.09. The van der Waals surface area contributed by atoms with Gasteiger partial charge in [0.05, 0.1) is 10.7 Å². The highest BCUT2D eigenvalue weighted by atomic mass is 35.5. The van der Waals surface area contributed by atoms with Crippen LogP contribution >= 0.6 is 11.6 Å². The number of hydrogen-bond donors (Lipinski definition) is 1. The summed E-state index contributed by atoms with van der Waals surface area (Å²) in [6.45, 7) is -0.148. The maximum absolute atomic E-state index is 11.7. The largest absolute Gasteiger partial charge is 0.345 e. The lowest BCUT2D eigenvalue weighted by Gasteiger charge is -2.06. The Morgan fingerprint density at radius 1 is 1.44 bits per heavy atom. The van der Waals surface area contributed by atoms with Gasteiger partial charge in [0.1, 0.15) is 12.9 Å². The van der Waals surface area contributed by atoms with Gasteiger partial charge in [-0.1, -0.05) is 23.7 Å². The Morgan fingerprint density at radius 2 is 2.17 bits per heavy atom. The van der Waals surface area contributed by atoms with Crippen LogP contribution in [0.1, 0.15) is 0 Å². The molecule has 1 amide bonds. The number of halogens is 1. The van der Waals surface area contributed by atoms with Gasteiger partial charge in [-0.15, -0.1) is 0 Å². The molecule has 1 aromatic carbocycles. The normalized spacial score (nSPS) is 10.3. The van der Waals surface area contributed by atoms with Gasteiger partial charge in [0.25, 0.3) is 0 Å². The average molecular weight is 267 g/mol. The molecule has 0 atom stereocenters. The SMILES string of the molecule is Cn1cnn(CC(=O)Nc2ccccc2Cl)c1=O. The van der Waals surface area contributed by atoms with Crippen molar-refractivity contribution in [1.29, 1.82) is 0 Å². The summed E-state index contributed by atoms with van der Waals surface area (Å²) in [4.78, 5) is 23.2. The molecule has 18 heavy (non-hydrogen) atoms. The lowest BCUT2D eigenvalue weighted by molar-refractivity contribution is -0.117. The first kappa shape index (κ1) is 12.4. The first-order valence-corrected chi connectivity index (χ1v) is 5.58. The number of anilines is 1. The van der Waals surface area contributed by atoms with Crippen LogP contribution in [0.4, 0.5) is 5.69 Å². The number of amides is 1. The first-order chi connectivity index (χ1) is 8.58. The van der Waals surface area contributed by atoms with Crippen molar-refractivity contribution in [3.05, 3.63) is 46.1 Å². The van der Waals surface area contributed by atoms with Crippen LogP contribution in [0.3, 0.4) is 0 Å². The summed E-state index contributed by atoms with van der Waals surface area (Å²) in [5.74, 6) is -0.357. The number of aryl methyl sites for hydroxylation is 1. The summed E-state index contributed by atoms with van der Waals surface area (Å²) >= 11 is 5.90. The Kier molecular flexibility index (Phi) is 3.47. The molecule has 2 aromatic rings. The van der Waals surface area contributed by atoms with Crippen molar-refractivity contribution in [3.63, 3.8) is 0 Å². The summed E-state index contributed by atoms with van der Waals surface area (Å²) in [7, 11) is 1.57. The second-order valence-electron chi connectivity index (χ2n) is 3.71. The van der Waals surface area contributed by atoms with E-state index in [0.717, 1.165) is 4.68 Å². The molecule has 0 aliphatic heterocycles. The van der Waals surface area contributed by atoms with Crippen molar-refractivity contribution >= 4 is 23.2 Å². The Bertz CT molecular complexity index is 632. The predicted octanol–water partition coefficient (Wildman–Crippen LogP) is 0.874. The van der Waals surface area contributed by atoms with Gasteiger partial charge in [-0.2, -0.15) is 5.10 Å². The van der Waals surface area contributed by atoms with Crippen molar-refractivity contribution in [3.8, 4) is 0 Å². The van der Waals surface area contributed by atoms with Gasteiger partial charge >= 0.3 is 5.69 Å². The Balaban J connectivity index is 2.08. The van der Waals surface area contributed by atoms with Gasteiger partial charge in [-0.25, -0.2) is 9.48 Å². The smallest absolute Gasteiger partial charge is 0.323 e. The lowest BCUT2D eigenvalue weighted by Crippen LogP contribution is -2.29. The number of benzene rings is 1. The van der Waals surface area contributed by atoms with Crippen LogP contribution in [-0.4, -0.2) is 20.3 Å². The number of para-hydroxylation sites is 1. The summed E-state index contributed by atoms with van der Waals surface area (Å²) in [5.41, 5.74) is 0.164. The van der Waals surface area contributed by atoms with Crippen LogP contribution in [0.25, 0.3) is 0 Å². The quantitative estimate of drug-likeness (QED) is 0.896. The van der Waals surface area contributed by atoms with E-state index < -0.39 is 0 Å². The molecule has 0 unspecified atom stereocenters. The third-order valence-electron chi connectivity index (χ3n) is 2.33. The molecule has 6 nitrogen and oxygen atoms in total. The number of nitrogens with zero attached hydrogens (tertiary/aromatic N) is 3. The van der Waals surface area contributed by atoms with Crippen molar-refractivity contribution < 1.29 is 4.79 Å². The van der Waals surface area contributed by atoms with E-state index in [4.69, 9.17) is 11.6 Å². The number of nitrogens with one attached hydrogen (secondary N) is 1. The summed E-state index contributed by atoms with van der Waals surface area (Å²) < 4.78 is 2.37. The molecule has 0 radical (unpaired) electrons. The van der Waals surface area contributed by atoms with E-state index >= 15 is 0 Å². The summed E-state index contributed by atoms with van der Waals surface area (Å²) in [6.07, 6.45) is 1.35. The van der Waals surface area contributed by atoms with Gasteiger partial charge in [0.15, 0.2) is 0 Å². The number of carbonyl (C=O) groups excluding carboxylic acids is 1. The van der Waals surface area contributed by atoms with Gasteiger partial charge in [-0.05, 0) is 12.1 Å². The van der Waals surface area contributed by atoms with E-state index in [-0.39, 0.29) is 18.1 Å². The topological polar surface area (TPSA) is 68.9 Å². The minimum absolute atomic E-state index is 0.148. The van der Waals surface area contributed by atoms with E-state index in [1.54, 1.807) is 31.3 Å². The second kappa shape index (κ2) is 5.05. The van der Waals surface area contributed by atoms with Crippen molar-refractivity contribution in [1.82, 2.24) is 14.3 Å². The second-order valence-corrected chi connectivity index (χ2v) is 4.12. The zero-order valence-corrected chi connectivity index (χ0v) is 10.4. The molecule has 94 valence electrons. The third kappa shape index (κ3) is 2.60. The van der Waals surface area contributed by atoms with Crippen molar-refractivity contribution in [2.75, 3.05) is 5.32 Å². The molecule has 1 N–H and O–H groups in total. The Morgan fingerprint density at radius 3 is 2.78 bits per heavy atom. The molecular weight excluding hydrogens is 256 g/mol. The highest BCUT2D eigenvalue weighted by molar-refractivity contribution is 6.33. The third-order valence-corrected chi connectivity index (χ3v) is 2.66. The lowest BCUT2D eigenvalue weighted by atomic mass is 10.3. The summed E-state index contributed by atoms with van der Waals surface area (Å²) in [6, 6.07) is 6.88. The van der Waals surface area contributed by atoms with Crippen LogP contribution in [-0.2, 0) is 18.4 Å². The molecular formula is C11H11ClN4O2. The van der Waals surface area contributed by atoms with Gasteiger partial charge < -0.3 is 5.32 Å². The molecule has 0 spiro atoms. The maximum Gasteiger partial charge on any atom is 0.345 e. The van der Waals surface area contributed by atoms with Gasteiger partial charge in [0.2, 0.25) is 5.91 Å². The molecule has 7 heteroatoms. The van der Waals surface area contributed by atoms with Crippen LogP contribution in [0.2, 0.25) is 5.02 Å². The fourth-order valence-corrected chi connectivity index (χ4v) is 1.60. The van der Waals surface area contributed by atoms with Crippen LogP contribution < -0.4 is 11.0 Å². The molecule has 1 heterocycles. The molecule has 0 aliphatic rings. The van der Waals surface area contributed by atoms with Gasteiger partial charge in [-0.3, -0.25) is 9.36 Å². The zero-order chi connectivity index (χ0) is 13.1. The van der Waals surface area contributed by atoms with Crippen molar-refractivity contribution in [2.45, 2.75) is 6.54 Å². The van der Waals surface area contributed by atoms with Crippen LogP contribution in [0.15, 0.2) is 35.4 Å². The van der Waals surface area contributed by atoms with E-state index in [0.29, 0.717) is 10.7 Å². The number of carbonyl (C=O) groups is 1. The van der Waals surface area contributed by atoms with E-state index in [9.17, 15) is 9.59 Å². The number of aromatic nitrogens is 3. The van der Waals surface area contributed by atoms with E-state index in [2.05, 4.69) is 10.4 Å². The van der Waals surface area contributed by atoms with E-state index in [1.807, 2.05) is 0 Å². The monoisotopic (exact) mass is 266 g/mol. The molecule has 2 rings (SSSR count). The standard InChI is InChI=1S/C11H11ClN4O2/c1-15-7-13-16(11(15)18)6-10(17)14-9-5-3-2-4-8(9)12/h2-5,7H,6H2,1H3,(H,14,17). The molecule has 1 aromatic heterocycles. The van der Waals surface area contributed by atoms with Crippen LogP contribution in [0.5, 0.6) is 0 Å². The molecule has 0 aliphatic carbocycles. The fraction of sp³-hybridized carbons (Fsp3) is 0.182. The Labute approximate surface area is 108 Å². The fourth-order valence-electron chi connectivity index (χ4n) is 1.42. The summed E-state index contributed by atoms with van der Waals surface area (Å²) in [5, 5.41) is 6.85. The Hall–Kier alpha value is -2.08. The highest BCUT2D eigenvalue weighted by Crippen LogP contribution is 2.20. The molecule has 0 saturated carbocycles. The molecule has 0 bridgehead atoms. The average Bonchev–Trinajstić information content (AvgIpc) is 2.64.